The van der Waals surface area contributed by atoms with Crippen LogP contribution < -0.4 is 24.4 Å². The van der Waals surface area contributed by atoms with Crippen LogP contribution in [0.5, 0.6) is 11.5 Å². The monoisotopic (exact) mass is 570 g/mol. The van der Waals surface area contributed by atoms with E-state index in [1.807, 2.05) is 6.07 Å². The van der Waals surface area contributed by atoms with Gasteiger partial charge in [0.05, 0.1) is 37.4 Å². The summed E-state index contributed by atoms with van der Waals surface area (Å²) in [5.41, 5.74) is 3.22. The topological polar surface area (TPSA) is 139 Å². The van der Waals surface area contributed by atoms with Crippen molar-refractivity contribution < 1.29 is 23.0 Å². The number of amides is 1. The van der Waals surface area contributed by atoms with E-state index in [4.69, 9.17) is 19.4 Å². The van der Waals surface area contributed by atoms with Gasteiger partial charge in [0.2, 0.25) is 5.91 Å². The highest BCUT2D eigenvalue weighted by atomic mass is 32.2. The Bertz CT molecular complexity index is 1700. The molecule has 0 spiro atoms. The molecule has 2 aromatic heterocycles. The number of hydrogen-bond donors (Lipinski definition) is 3. The first-order valence-electron chi connectivity index (χ1n) is 12.4. The van der Waals surface area contributed by atoms with E-state index in [2.05, 4.69) is 15.6 Å². The average molecular weight is 571 g/mol. The van der Waals surface area contributed by atoms with Gasteiger partial charge in [-0.2, -0.15) is 0 Å². The minimum atomic E-state index is -2.56. The predicted molar refractivity (Wildman–Crippen MR) is 158 cm³/mol. The van der Waals surface area contributed by atoms with E-state index >= 15 is 0 Å². The lowest BCUT2D eigenvalue weighted by Gasteiger charge is -2.23. The number of carbonyl (C=O) groups is 1. The maximum atomic E-state index is 12.8. The van der Waals surface area contributed by atoms with Gasteiger partial charge in [-0.3, -0.25) is 14.3 Å². The molecule has 12 heteroatoms. The molecule has 1 amide bonds. The number of methoxy groups -OCH3 is 2. The highest BCUT2D eigenvalue weighted by molar-refractivity contribution is 7.81. The van der Waals surface area contributed by atoms with Crippen molar-refractivity contribution in [3.05, 3.63) is 96.8 Å². The molecule has 0 saturated carbocycles. The number of carbonyl (C=O) groups excluding carboxylic acids is 1. The molecule has 0 saturated heterocycles. The van der Waals surface area contributed by atoms with Crippen molar-refractivity contribution in [2.24, 2.45) is 0 Å². The minimum absolute atomic E-state index is 0.0894. The van der Waals surface area contributed by atoms with Gasteiger partial charge in [0, 0.05) is 42.0 Å². The molecule has 2 heterocycles. The van der Waals surface area contributed by atoms with Crippen LogP contribution in [0.2, 0.25) is 0 Å². The lowest BCUT2D eigenvalue weighted by atomic mass is 10.2. The van der Waals surface area contributed by atoms with Gasteiger partial charge in [-0.15, -0.1) is 0 Å². The lowest BCUT2D eigenvalue weighted by Crippen LogP contribution is -2.22. The fourth-order valence-electron chi connectivity index (χ4n) is 4.12. The first-order valence-corrected chi connectivity index (χ1v) is 13.5. The summed E-state index contributed by atoms with van der Waals surface area (Å²) in [6.07, 6.45) is 3.39. The first-order chi connectivity index (χ1) is 19.9. The number of nitrogens with one attached hydrogen (secondary N) is 2. The number of para-hydroxylation sites is 2. The third-order valence-corrected chi connectivity index (χ3v) is 6.69. The molecular formula is C29H26N6O5S. The molecule has 11 nitrogen and oxygen atoms in total. The summed E-state index contributed by atoms with van der Waals surface area (Å²) in [7, 11) is 3.08. The normalized spacial score (nSPS) is 11.5. The van der Waals surface area contributed by atoms with E-state index in [0.29, 0.717) is 39.6 Å². The van der Waals surface area contributed by atoms with Gasteiger partial charge in [-0.1, -0.05) is 18.2 Å². The molecule has 0 aliphatic heterocycles. The summed E-state index contributed by atoms with van der Waals surface area (Å²) in [5.74, 6) is 1.14. The number of nitrogens with zero attached hydrogens (tertiary/aromatic N) is 4. The second kappa shape index (κ2) is 12.4. The summed E-state index contributed by atoms with van der Waals surface area (Å²) in [6, 6.07) is 22.5. The van der Waals surface area contributed by atoms with Gasteiger partial charge in [-0.05, 0) is 48.0 Å². The molecular weight excluding hydrogens is 544 g/mol. The minimum Gasteiger partial charge on any atom is -0.497 e. The van der Waals surface area contributed by atoms with E-state index in [0.717, 1.165) is 9.87 Å². The Morgan fingerprint density at radius 3 is 2.22 bits per heavy atom. The Labute approximate surface area is 238 Å². The van der Waals surface area contributed by atoms with Crippen molar-refractivity contribution in [3.8, 4) is 11.5 Å². The number of fused-ring (bicyclic) bond motifs is 1. The molecule has 3 aromatic carbocycles. The third kappa shape index (κ3) is 6.57. The lowest BCUT2D eigenvalue weighted by molar-refractivity contribution is -0.115. The standard InChI is InChI=1S/C29H26N6O5S/c1-39-23-16-21(17-24(18-23)40-2)32-28-29(34-26-9-4-3-8-25(26)33-28)35(41(37)38)22-7-5-6-20(15-22)31-27(36)14-19-10-12-30-13-11-19/h3-13,15-18H,14H2,1-2H3,(H,31,36)(H,32,33)(H,37,38). The maximum Gasteiger partial charge on any atom is 0.268 e. The van der Waals surface area contributed by atoms with E-state index in [9.17, 15) is 13.6 Å². The molecule has 0 fully saturated rings. The van der Waals surface area contributed by atoms with Gasteiger partial charge in [0.25, 0.3) is 11.3 Å². The van der Waals surface area contributed by atoms with Crippen LogP contribution in [0, 0.1) is 0 Å². The molecule has 0 aliphatic rings. The van der Waals surface area contributed by atoms with Crippen molar-refractivity contribution >= 4 is 56.9 Å². The van der Waals surface area contributed by atoms with E-state index < -0.39 is 11.3 Å². The summed E-state index contributed by atoms with van der Waals surface area (Å²) >= 11 is -2.56. The average Bonchev–Trinajstić information content (AvgIpc) is 2.97. The van der Waals surface area contributed by atoms with Gasteiger partial charge < -0.3 is 20.1 Å². The number of pyridine rings is 1. The van der Waals surface area contributed by atoms with Crippen LogP contribution in [-0.2, 0) is 22.5 Å². The SMILES string of the molecule is COc1cc(Nc2nc3ccccc3nc2N(c2cccc(NC(=O)Cc3ccncc3)c2)S(=O)O)cc(OC)c1. The Morgan fingerprint density at radius 1 is 0.878 bits per heavy atom. The van der Waals surface area contributed by atoms with Crippen molar-refractivity contribution in [2.75, 3.05) is 29.2 Å². The summed E-state index contributed by atoms with van der Waals surface area (Å²) in [5, 5.41) is 6.04. The summed E-state index contributed by atoms with van der Waals surface area (Å²) in [6.45, 7) is 0. The second-order valence-corrected chi connectivity index (χ2v) is 9.59. The number of anilines is 5. The van der Waals surface area contributed by atoms with Crippen molar-refractivity contribution in [1.29, 1.82) is 0 Å². The fraction of sp³-hybridized carbons (Fsp3) is 0.103. The van der Waals surface area contributed by atoms with Gasteiger partial charge >= 0.3 is 0 Å². The van der Waals surface area contributed by atoms with Crippen LogP contribution in [0.25, 0.3) is 11.0 Å². The summed E-state index contributed by atoms with van der Waals surface area (Å²) < 4.78 is 35.2. The van der Waals surface area contributed by atoms with Crippen molar-refractivity contribution in [1.82, 2.24) is 15.0 Å². The summed E-state index contributed by atoms with van der Waals surface area (Å²) in [4.78, 5) is 26.0. The van der Waals surface area contributed by atoms with Crippen LogP contribution in [0.15, 0.2) is 91.3 Å². The van der Waals surface area contributed by atoms with Crippen LogP contribution in [0.3, 0.4) is 0 Å². The maximum absolute atomic E-state index is 12.8. The Morgan fingerprint density at radius 2 is 1.56 bits per heavy atom. The van der Waals surface area contributed by atoms with Crippen molar-refractivity contribution in [3.63, 3.8) is 0 Å². The molecule has 1 unspecified atom stereocenters. The second-order valence-electron chi connectivity index (χ2n) is 8.77. The van der Waals surface area contributed by atoms with Crippen molar-refractivity contribution in [2.45, 2.75) is 6.42 Å². The largest absolute Gasteiger partial charge is 0.497 e. The molecule has 41 heavy (non-hydrogen) atoms. The van der Waals surface area contributed by atoms with Crippen LogP contribution in [0.4, 0.5) is 28.7 Å². The Balaban J connectivity index is 1.53. The smallest absolute Gasteiger partial charge is 0.268 e. The van der Waals surface area contributed by atoms with Gasteiger partial charge in [-0.25, -0.2) is 18.5 Å². The number of aromatic nitrogens is 3. The molecule has 5 rings (SSSR count). The van der Waals surface area contributed by atoms with E-state index in [1.54, 1.807) is 99.4 Å². The number of rotatable bonds is 10. The Hall–Kier alpha value is -5.07. The Kier molecular flexibility index (Phi) is 8.32. The highest BCUT2D eigenvalue weighted by Gasteiger charge is 2.23. The molecule has 0 bridgehead atoms. The van der Waals surface area contributed by atoms with E-state index in [1.165, 1.54) is 0 Å². The van der Waals surface area contributed by atoms with Crippen LogP contribution in [-0.4, -0.2) is 43.8 Å². The fourth-order valence-corrected chi connectivity index (χ4v) is 4.69. The third-order valence-electron chi connectivity index (χ3n) is 5.99. The predicted octanol–water partition coefficient (Wildman–Crippen LogP) is 5.24. The zero-order valence-corrected chi connectivity index (χ0v) is 23.0. The zero-order chi connectivity index (χ0) is 28.8. The van der Waals surface area contributed by atoms with Gasteiger partial charge in [0.15, 0.2) is 11.6 Å². The zero-order valence-electron chi connectivity index (χ0n) is 22.1. The first kappa shape index (κ1) is 27.5. The molecule has 1 atom stereocenters. The molecule has 208 valence electrons. The molecule has 0 radical (unpaired) electrons. The number of hydrogen-bond acceptors (Lipinski definition) is 8. The van der Waals surface area contributed by atoms with Crippen LogP contribution in [0.1, 0.15) is 5.56 Å². The molecule has 5 aromatic rings. The highest BCUT2D eigenvalue weighted by Crippen LogP contribution is 2.36. The van der Waals surface area contributed by atoms with Gasteiger partial charge in [0.1, 0.15) is 11.5 Å². The molecule has 3 N–H and O–H groups in total. The van der Waals surface area contributed by atoms with Crippen LogP contribution >= 0.6 is 0 Å². The number of benzene rings is 3. The van der Waals surface area contributed by atoms with E-state index in [-0.39, 0.29) is 24.0 Å². The quantitative estimate of drug-likeness (QED) is 0.192. The number of ether oxygens (including phenoxy) is 2. The molecule has 0 aliphatic carbocycles.